The summed E-state index contributed by atoms with van der Waals surface area (Å²) in [6.45, 7) is 5.89. The summed E-state index contributed by atoms with van der Waals surface area (Å²) in [4.78, 5) is 13.4. The lowest BCUT2D eigenvalue weighted by molar-refractivity contribution is -0.117. The van der Waals surface area contributed by atoms with E-state index in [0.29, 0.717) is 12.6 Å². The maximum absolute atomic E-state index is 11.2. The van der Waals surface area contributed by atoms with Crippen LogP contribution in [0.4, 0.5) is 0 Å². The van der Waals surface area contributed by atoms with Crippen molar-refractivity contribution >= 4 is 6.29 Å². The van der Waals surface area contributed by atoms with Crippen LogP contribution in [-0.4, -0.2) is 42.0 Å². The van der Waals surface area contributed by atoms with Crippen LogP contribution in [0.5, 0.6) is 0 Å². The van der Waals surface area contributed by atoms with Gasteiger partial charge >= 0.3 is 0 Å². The molecule has 0 heterocycles. The van der Waals surface area contributed by atoms with E-state index < -0.39 is 0 Å². The van der Waals surface area contributed by atoms with E-state index in [1.165, 1.54) is 12.8 Å². The molecule has 1 aliphatic rings. The Hall–Kier alpha value is -0.410. The molecule has 0 aromatic heterocycles. The molecule has 1 saturated carbocycles. The number of hydrogen-bond donors (Lipinski definition) is 1. The zero-order chi connectivity index (χ0) is 11.3. The molecule has 0 saturated heterocycles. The third-order valence-electron chi connectivity index (χ3n) is 3.48. The number of aliphatic hydroxyl groups excluding tert-OH is 1. The summed E-state index contributed by atoms with van der Waals surface area (Å²) in [5.74, 6) is 0. The van der Waals surface area contributed by atoms with Crippen molar-refractivity contribution in [3.63, 3.8) is 0 Å². The molecule has 0 unspecified atom stereocenters. The van der Waals surface area contributed by atoms with Gasteiger partial charge in [0.1, 0.15) is 6.29 Å². The predicted molar refractivity (Wildman–Crippen MR) is 60.8 cm³/mol. The number of nitrogens with zero attached hydrogens (tertiary/aromatic N) is 1. The molecule has 3 nitrogen and oxygen atoms in total. The van der Waals surface area contributed by atoms with Crippen LogP contribution in [0.15, 0.2) is 0 Å². The third kappa shape index (κ3) is 3.28. The third-order valence-corrected chi connectivity index (χ3v) is 3.48. The van der Waals surface area contributed by atoms with E-state index in [-0.39, 0.29) is 12.0 Å². The maximum Gasteiger partial charge on any atom is 0.127 e. The quantitative estimate of drug-likeness (QED) is 0.679. The fourth-order valence-corrected chi connectivity index (χ4v) is 2.45. The second kappa shape index (κ2) is 5.61. The van der Waals surface area contributed by atoms with Gasteiger partial charge in [0.05, 0.1) is 6.61 Å². The van der Waals surface area contributed by atoms with Gasteiger partial charge in [0, 0.05) is 24.5 Å². The highest BCUT2D eigenvalue weighted by molar-refractivity contribution is 5.60. The van der Waals surface area contributed by atoms with Crippen LogP contribution < -0.4 is 0 Å². The molecule has 0 bridgehead atoms. The normalized spacial score (nSPS) is 20.1. The lowest BCUT2D eigenvalue weighted by atomic mass is 9.87. The van der Waals surface area contributed by atoms with Crippen molar-refractivity contribution < 1.29 is 9.90 Å². The summed E-state index contributed by atoms with van der Waals surface area (Å²) in [5, 5.41) is 8.99. The van der Waals surface area contributed by atoms with E-state index >= 15 is 0 Å². The summed E-state index contributed by atoms with van der Waals surface area (Å²) < 4.78 is 0. The monoisotopic (exact) mass is 213 g/mol. The first-order valence-electron chi connectivity index (χ1n) is 5.95. The van der Waals surface area contributed by atoms with Crippen molar-refractivity contribution in [3.8, 4) is 0 Å². The summed E-state index contributed by atoms with van der Waals surface area (Å²) in [7, 11) is 0. The van der Waals surface area contributed by atoms with Crippen molar-refractivity contribution in [2.75, 3.05) is 19.7 Å². The van der Waals surface area contributed by atoms with E-state index in [1.54, 1.807) is 0 Å². The Balaban J connectivity index is 2.58. The summed E-state index contributed by atoms with van der Waals surface area (Å²) >= 11 is 0. The summed E-state index contributed by atoms with van der Waals surface area (Å²) in [5.41, 5.74) is -0.126. The van der Waals surface area contributed by atoms with Gasteiger partial charge in [0.25, 0.3) is 0 Å². The van der Waals surface area contributed by atoms with E-state index in [0.717, 1.165) is 25.7 Å². The molecule has 1 fully saturated rings. The molecule has 1 N–H and O–H groups in total. The van der Waals surface area contributed by atoms with E-state index in [9.17, 15) is 4.79 Å². The second-order valence-electron chi connectivity index (χ2n) is 4.98. The Morgan fingerprint density at radius 2 is 2.00 bits per heavy atom. The number of rotatable bonds is 6. The molecule has 1 aliphatic carbocycles. The Bertz CT molecular complexity index is 198. The molecule has 0 aromatic rings. The average molecular weight is 213 g/mol. The van der Waals surface area contributed by atoms with Crippen LogP contribution in [0.3, 0.4) is 0 Å². The van der Waals surface area contributed by atoms with Crippen molar-refractivity contribution in [3.05, 3.63) is 0 Å². The minimum absolute atomic E-state index is 0.126. The molecule has 3 heteroatoms. The first kappa shape index (κ1) is 12.7. The molecule has 0 amide bonds. The minimum Gasteiger partial charge on any atom is -0.395 e. The van der Waals surface area contributed by atoms with Crippen LogP contribution in [0, 0.1) is 5.41 Å². The Morgan fingerprint density at radius 3 is 2.40 bits per heavy atom. The molecule has 0 aliphatic heterocycles. The Morgan fingerprint density at radius 1 is 1.40 bits per heavy atom. The fraction of sp³-hybridized carbons (Fsp3) is 0.917. The number of carbonyl (C=O) groups is 1. The van der Waals surface area contributed by atoms with Crippen LogP contribution in [-0.2, 0) is 4.79 Å². The van der Waals surface area contributed by atoms with Gasteiger partial charge < -0.3 is 9.90 Å². The van der Waals surface area contributed by atoms with E-state index in [1.807, 2.05) is 0 Å². The minimum atomic E-state index is -0.126. The van der Waals surface area contributed by atoms with Gasteiger partial charge in [-0.15, -0.1) is 0 Å². The smallest absolute Gasteiger partial charge is 0.127 e. The van der Waals surface area contributed by atoms with Crippen molar-refractivity contribution in [2.24, 2.45) is 5.41 Å². The van der Waals surface area contributed by atoms with Gasteiger partial charge in [-0.05, 0) is 26.7 Å². The first-order chi connectivity index (χ1) is 7.13. The van der Waals surface area contributed by atoms with Gasteiger partial charge in [-0.25, -0.2) is 0 Å². The van der Waals surface area contributed by atoms with Crippen molar-refractivity contribution in [1.82, 2.24) is 4.90 Å². The Kier molecular flexibility index (Phi) is 4.74. The van der Waals surface area contributed by atoms with Crippen LogP contribution >= 0.6 is 0 Å². The fourth-order valence-electron chi connectivity index (χ4n) is 2.45. The highest BCUT2D eigenvalue weighted by Gasteiger charge is 2.35. The molecular weight excluding hydrogens is 190 g/mol. The first-order valence-corrected chi connectivity index (χ1v) is 5.95. The Labute approximate surface area is 92.5 Å². The predicted octanol–water partition coefficient (Wildman–Crippen LogP) is 1.45. The highest BCUT2D eigenvalue weighted by Crippen LogP contribution is 2.37. The summed E-state index contributed by atoms with van der Waals surface area (Å²) in [6.07, 6.45) is 5.52. The van der Waals surface area contributed by atoms with Gasteiger partial charge in [-0.2, -0.15) is 0 Å². The lowest BCUT2D eigenvalue weighted by Crippen LogP contribution is -2.42. The highest BCUT2D eigenvalue weighted by atomic mass is 16.3. The van der Waals surface area contributed by atoms with Crippen molar-refractivity contribution in [2.45, 2.75) is 45.6 Å². The van der Waals surface area contributed by atoms with Crippen LogP contribution in [0.1, 0.15) is 39.5 Å². The molecule has 0 spiro atoms. The van der Waals surface area contributed by atoms with Crippen LogP contribution in [0.25, 0.3) is 0 Å². The lowest BCUT2D eigenvalue weighted by Gasteiger charge is -2.33. The molecular formula is C12H23NO2. The maximum atomic E-state index is 11.2. The molecule has 0 radical (unpaired) electrons. The zero-order valence-electron chi connectivity index (χ0n) is 9.91. The molecule has 1 rings (SSSR count). The van der Waals surface area contributed by atoms with E-state index in [2.05, 4.69) is 18.7 Å². The van der Waals surface area contributed by atoms with Gasteiger partial charge in [0.2, 0.25) is 0 Å². The van der Waals surface area contributed by atoms with E-state index in [4.69, 9.17) is 5.11 Å². The zero-order valence-corrected chi connectivity index (χ0v) is 9.91. The number of hydrogen-bond acceptors (Lipinski definition) is 3. The largest absolute Gasteiger partial charge is 0.395 e. The second-order valence-corrected chi connectivity index (χ2v) is 4.98. The van der Waals surface area contributed by atoms with Gasteiger partial charge in [-0.1, -0.05) is 12.8 Å². The summed E-state index contributed by atoms with van der Waals surface area (Å²) in [6, 6.07) is 0.398. The van der Waals surface area contributed by atoms with Gasteiger partial charge in [0.15, 0.2) is 0 Å². The number of carbonyl (C=O) groups excluding carboxylic acids is 1. The number of aliphatic hydroxyl groups is 1. The SMILES string of the molecule is CC(C)N(CCO)CC1(C=O)CCCC1. The van der Waals surface area contributed by atoms with Gasteiger partial charge in [-0.3, -0.25) is 4.90 Å². The molecule has 88 valence electrons. The van der Waals surface area contributed by atoms with Crippen molar-refractivity contribution in [1.29, 1.82) is 0 Å². The number of aldehydes is 1. The average Bonchev–Trinajstić information content (AvgIpc) is 2.66. The molecule has 0 aromatic carbocycles. The topological polar surface area (TPSA) is 40.5 Å². The molecule has 0 atom stereocenters. The standard InChI is InChI=1S/C12H23NO2/c1-11(2)13(7-8-14)9-12(10-15)5-3-4-6-12/h10-11,14H,3-9H2,1-2H3. The van der Waals surface area contributed by atoms with Crippen LogP contribution in [0.2, 0.25) is 0 Å². The molecule has 15 heavy (non-hydrogen) atoms.